The molecule has 2 atom stereocenters. The second-order valence-corrected chi connectivity index (χ2v) is 6.27. The summed E-state index contributed by atoms with van der Waals surface area (Å²) < 4.78 is 22.8. The number of hydrogen-bond donors (Lipinski definition) is 0. The van der Waals surface area contributed by atoms with Gasteiger partial charge in [0.1, 0.15) is 0 Å². The van der Waals surface area contributed by atoms with Crippen LogP contribution in [-0.2, 0) is 0 Å². The van der Waals surface area contributed by atoms with Crippen molar-refractivity contribution in [3.8, 4) is 23.0 Å². The third-order valence-electron chi connectivity index (χ3n) is 5.40. The molecule has 0 spiro atoms. The maximum absolute atomic E-state index is 5.78. The molecule has 0 aliphatic heterocycles. The van der Waals surface area contributed by atoms with Crippen LogP contribution in [0.2, 0.25) is 0 Å². The van der Waals surface area contributed by atoms with Gasteiger partial charge in [-0.3, -0.25) is 0 Å². The second kappa shape index (κ2) is 5.62. The van der Waals surface area contributed by atoms with Crippen LogP contribution in [0.1, 0.15) is 46.9 Å². The van der Waals surface area contributed by atoms with Gasteiger partial charge in [0, 0.05) is 23.0 Å². The summed E-state index contributed by atoms with van der Waals surface area (Å²) >= 11 is 0. The number of methoxy groups -OCH3 is 4. The summed E-state index contributed by atoms with van der Waals surface area (Å²) in [4.78, 5) is 0. The molecule has 2 aromatic rings. The van der Waals surface area contributed by atoms with E-state index in [1.807, 2.05) is 0 Å². The molecule has 3 aliphatic carbocycles. The molecule has 24 heavy (non-hydrogen) atoms. The highest BCUT2D eigenvalue weighted by atomic mass is 16.5. The fraction of sp³-hybridized carbons (Fsp3) is 0.400. The zero-order chi connectivity index (χ0) is 16.8. The van der Waals surface area contributed by atoms with Gasteiger partial charge >= 0.3 is 0 Å². The van der Waals surface area contributed by atoms with Crippen molar-refractivity contribution < 1.29 is 18.9 Å². The lowest BCUT2D eigenvalue weighted by molar-refractivity contribution is 0.295. The van der Waals surface area contributed by atoms with E-state index >= 15 is 0 Å². The molecule has 126 valence electrons. The lowest BCUT2D eigenvalue weighted by Crippen LogP contribution is -2.26. The van der Waals surface area contributed by atoms with Gasteiger partial charge in [0.05, 0.1) is 28.4 Å². The van der Waals surface area contributed by atoms with Crippen LogP contribution in [0.15, 0.2) is 24.3 Å². The minimum absolute atomic E-state index is 0.310. The van der Waals surface area contributed by atoms with Crippen LogP contribution in [0, 0.1) is 0 Å². The van der Waals surface area contributed by atoms with Gasteiger partial charge in [0.2, 0.25) is 11.5 Å². The average molecular weight is 326 g/mol. The zero-order valence-electron chi connectivity index (χ0n) is 14.5. The van der Waals surface area contributed by atoms with Gasteiger partial charge in [0.15, 0.2) is 11.5 Å². The molecular weight excluding hydrogens is 304 g/mol. The van der Waals surface area contributed by atoms with E-state index in [-0.39, 0.29) is 0 Å². The predicted molar refractivity (Wildman–Crippen MR) is 92.0 cm³/mol. The summed E-state index contributed by atoms with van der Waals surface area (Å²) in [7, 11) is 6.67. The van der Waals surface area contributed by atoms with E-state index in [4.69, 9.17) is 18.9 Å². The highest BCUT2D eigenvalue weighted by molar-refractivity contribution is 5.73. The highest BCUT2D eigenvalue weighted by Crippen LogP contribution is 2.62. The van der Waals surface area contributed by atoms with Gasteiger partial charge in [-0.05, 0) is 24.0 Å². The third kappa shape index (κ3) is 1.80. The van der Waals surface area contributed by atoms with E-state index < -0.39 is 0 Å². The molecule has 0 radical (unpaired) electrons. The average Bonchev–Trinajstić information content (AvgIpc) is 2.66. The summed E-state index contributed by atoms with van der Waals surface area (Å²) in [5, 5.41) is 0. The molecule has 0 N–H and O–H groups in total. The Morgan fingerprint density at radius 3 is 1.33 bits per heavy atom. The smallest absolute Gasteiger partial charge is 0.207 e. The Labute approximate surface area is 142 Å². The van der Waals surface area contributed by atoms with E-state index in [1.165, 1.54) is 22.3 Å². The SMILES string of the molecule is COc1c(OC)c(OC)c2c(c1OC)C1CCC2c2ccccc21. The monoisotopic (exact) mass is 326 g/mol. The molecule has 0 saturated carbocycles. The van der Waals surface area contributed by atoms with E-state index in [9.17, 15) is 0 Å². The van der Waals surface area contributed by atoms with E-state index in [1.54, 1.807) is 28.4 Å². The first-order valence-corrected chi connectivity index (χ1v) is 8.25. The fourth-order valence-corrected chi connectivity index (χ4v) is 4.55. The molecule has 0 amide bonds. The molecule has 0 aromatic heterocycles. The Bertz CT molecular complexity index is 731. The molecule has 2 unspecified atom stereocenters. The maximum Gasteiger partial charge on any atom is 0.207 e. The minimum Gasteiger partial charge on any atom is -0.492 e. The molecule has 0 saturated heterocycles. The largest absolute Gasteiger partial charge is 0.492 e. The Kier molecular flexibility index (Phi) is 3.56. The first-order chi connectivity index (χ1) is 11.8. The Hall–Kier alpha value is -2.36. The number of benzene rings is 2. The maximum atomic E-state index is 5.78. The van der Waals surface area contributed by atoms with Crippen LogP contribution in [0.4, 0.5) is 0 Å². The first kappa shape index (κ1) is 15.2. The summed E-state index contributed by atoms with van der Waals surface area (Å²) in [6.45, 7) is 0. The topological polar surface area (TPSA) is 36.9 Å². The van der Waals surface area contributed by atoms with Gasteiger partial charge in [-0.25, -0.2) is 0 Å². The van der Waals surface area contributed by atoms with Gasteiger partial charge in [0.25, 0.3) is 0 Å². The van der Waals surface area contributed by atoms with Crippen molar-refractivity contribution in [3.05, 3.63) is 46.5 Å². The predicted octanol–water partition coefficient (Wildman–Crippen LogP) is 4.09. The van der Waals surface area contributed by atoms with Crippen LogP contribution in [0.3, 0.4) is 0 Å². The van der Waals surface area contributed by atoms with Crippen LogP contribution in [0.25, 0.3) is 0 Å². The second-order valence-electron chi connectivity index (χ2n) is 6.27. The number of hydrogen-bond acceptors (Lipinski definition) is 4. The quantitative estimate of drug-likeness (QED) is 0.848. The Morgan fingerprint density at radius 1 is 0.625 bits per heavy atom. The number of rotatable bonds is 4. The third-order valence-corrected chi connectivity index (χ3v) is 5.40. The van der Waals surface area contributed by atoms with E-state index in [2.05, 4.69) is 24.3 Å². The summed E-state index contributed by atoms with van der Waals surface area (Å²) in [5.74, 6) is 3.39. The first-order valence-electron chi connectivity index (χ1n) is 8.25. The lowest BCUT2D eigenvalue weighted by atomic mass is 9.63. The molecule has 2 aromatic carbocycles. The van der Waals surface area contributed by atoms with E-state index in [0.29, 0.717) is 23.3 Å². The fourth-order valence-electron chi connectivity index (χ4n) is 4.55. The number of fused-ring (bicyclic) bond motifs is 1. The van der Waals surface area contributed by atoms with Crippen LogP contribution in [0.5, 0.6) is 23.0 Å². The molecule has 2 bridgehead atoms. The van der Waals surface area contributed by atoms with Crippen LogP contribution >= 0.6 is 0 Å². The van der Waals surface area contributed by atoms with Crippen molar-refractivity contribution in [2.45, 2.75) is 24.7 Å². The molecule has 4 heteroatoms. The van der Waals surface area contributed by atoms with Gasteiger partial charge in [-0.1, -0.05) is 24.3 Å². The molecular formula is C20H22O4. The Morgan fingerprint density at radius 2 is 1.00 bits per heavy atom. The van der Waals surface area contributed by atoms with E-state index in [0.717, 1.165) is 24.3 Å². The van der Waals surface area contributed by atoms with Crippen molar-refractivity contribution >= 4 is 0 Å². The highest BCUT2D eigenvalue weighted by Gasteiger charge is 2.44. The standard InChI is InChI=1S/C20H22O4/c1-21-17-15-13-9-10-14(12-8-6-5-7-11(12)13)16(15)18(22-2)20(24-4)19(17)23-3/h5-8,13-14H,9-10H2,1-4H3. The lowest BCUT2D eigenvalue weighted by Gasteiger charge is -2.42. The molecule has 0 fully saturated rings. The van der Waals surface area contributed by atoms with Crippen molar-refractivity contribution in [3.63, 3.8) is 0 Å². The van der Waals surface area contributed by atoms with Crippen molar-refractivity contribution in [2.24, 2.45) is 0 Å². The van der Waals surface area contributed by atoms with Crippen molar-refractivity contribution in [2.75, 3.05) is 28.4 Å². The Balaban J connectivity index is 2.09. The minimum atomic E-state index is 0.310. The molecule has 5 rings (SSSR count). The molecule has 3 aliphatic rings. The van der Waals surface area contributed by atoms with Gasteiger partial charge < -0.3 is 18.9 Å². The van der Waals surface area contributed by atoms with Crippen LogP contribution < -0.4 is 18.9 Å². The summed E-state index contributed by atoms with van der Waals surface area (Å²) in [6, 6.07) is 8.70. The number of ether oxygens (including phenoxy) is 4. The van der Waals surface area contributed by atoms with Crippen LogP contribution in [-0.4, -0.2) is 28.4 Å². The van der Waals surface area contributed by atoms with Crippen molar-refractivity contribution in [1.29, 1.82) is 0 Å². The normalized spacial score (nSPS) is 20.2. The summed E-state index contributed by atoms with van der Waals surface area (Å²) in [5.41, 5.74) is 5.19. The van der Waals surface area contributed by atoms with Gasteiger partial charge in [-0.2, -0.15) is 0 Å². The van der Waals surface area contributed by atoms with Gasteiger partial charge in [-0.15, -0.1) is 0 Å². The van der Waals surface area contributed by atoms with Crippen molar-refractivity contribution in [1.82, 2.24) is 0 Å². The zero-order valence-corrected chi connectivity index (χ0v) is 14.5. The molecule has 4 nitrogen and oxygen atoms in total. The summed E-state index contributed by atoms with van der Waals surface area (Å²) in [6.07, 6.45) is 2.23. The molecule has 0 heterocycles.